The molecule has 0 amide bonds. The van der Waals surface area contributed by atoms with Crippen molar-refractivity contribution in [3.05, 3.63) is 0 Å². The summed E-state index contributed by atoms with van der Waals surface area (Å²) >= 11 is 2.19. The van der Waals surface area contributed by atoms with Crippen molar-refractivity contribution in [2.24, 2.45) is 11.7 Å². The van der Waals surface area contributed by atoms with Crippen LogP contribution in [0.4, 0.5) is 0 Å². The lowest BCUT2D eigenvalue weighted by Crippen LogP contribution is -2.31. The molecule has 0 bridgehead atoms. The molecule has 2 aliphatic carbocycles. The third kappa shape index (κ3) is 3.67. The van der Waals surface area contributed by atoms with Gasteiger partial charge >= 0.3 is 0 Å². The first kappa shape index (κ1) is 11.8. The fourth-order valence-electron chi connectivity index (χ4n) is 2.95. The van der Waals surface area contributed by atoms with E-state index in [0.717, 1.165) is 11.2 Å². The lowest BCUT2D eigenvalue weighted by Gasteiger charge is -2.22. The Kier molecular flexibility index (Phi) is 4.83. The summed E-state index contributed by atoms with van der Waals surface area (Å²) in [6, 6.07) is 0.485. The van der Waals surface area contributed by atoms with Gasteiger partial charge in [-0.15, -0.1) is 0 Å². The van der Waals surface area contributed by atoms with Gasteiger partial charge in [-0.1, -0.05) is 32.1 Å². The number of hydrogen-bond acceptors (Lipinski definition) is 2. The molecule has 2 saturated carbocycles. The summed E-state index contributed by atoms with van der Waals surface area (Å²) in [7, 11) is 0. The van der Waals surface area contributed by atoms with Crippen molar-refractivity contribution in [2.45, 2.75) is 69.1 Å². The molecule has 2 N–H and O–H groups in total. The number of thioether (sulfide) groups is 1. The van der Waals surface area contributed by atoms with E-state index in [1.165, 1.54) is 63.5 Å². The molecule has 2 fully saturated rings. The molecule has 88 valence electrons. The maximum atomic E-state index is 6.24. The predicted molar refractivity (Wildman–Crippen MR) is 69.3 cm³/mol. The Morgan fingerprint density at radius 2 is 1.53 bits per heavy atom. The number of nitrogens with two attached hydrogens (primary N) is 1. The summed E-state index contributed by atoms with van der Waals surface area (Å²) in [5, 5.41) is 0.771. The van der Waals surface area contributed by atoms with E-state index in [0.29, 0.717) is 6.04 Å². The van der Waals surface area contributed by atoms with Crippen LogP contribution in [0.15, 0.2) is 0 Å². The molecule has 2 rings (SSSR count). The quantitative estimate of drug-likeness (QED) is 0.746. The van der Waals surface area contributed by atoms with Gasteiger partial charge in [0.25, 0.3) is 0 Å². The van der Waals surface area contributed by atoms with Gasteiger partial charge in [-0.05, 0) is 37.4 Å². The first-order chi connectivity index (χ1) is 7.36. The van der Waals surface area contributed by atoms with Crippen molar-refractivity contribution in [3.8, 4) is 0 Å². The van der Waals surface area contributed by atoms with Crippen LogP contribution in [0.3, 0.4) is 0 Å². The minimum atomic E-state index is 0.485. The van der Waals surface area contributed by atoms with E-state index in [9.17, 15) is 0 Å². The topological polar surface area (TPSA) is 26.0 Å². The average Bonchev–Trinajstić information content (AvgIpc) is 2.67. The van der Waals surface area contributed by atoms with Gasteiger partial charge < -0.3 is 5.73 Å². The average molecular weight is 227 g/mol. The van der Waals surface area contributed by atoms with E-state index in [1.54, 1.807) is 0 Å². The van der Waals surface area contributed by atoms with E-state index in [-0.39, 0.29) is 0 Å². The Hall–Kier alpha value is 0.310. The van der Waals surface area contributed by atoms with Crippen LogP contribution in [0.25, 0.3) is 0 Å². The first-order valence-electron chi connectivity index (χ1n) is 6.73. The molecule has 0 radical (unpaired) electrons. The van der Waals surface area contributed by atoms with Crippen molar-refractivity contribution in [1.82, 2.24) is 0 Å². The number of hydrogen-bond donors (Lipinski definition) is 1. The van der Waals surface area contributed by atoms with Crippen molar-refractivity contribution >= 4 is 11.8 Å². The highest BCUT2D eigenvalue weighted by Crippen LogP contribution is 2.33. The van der Waals surface area contributed by atoms with Crippen LogP contribution >= 0.6 is 11.8 Å². The van der Waals surface area contributed by atoms with Crippen molar-refractivity contribution in [2.75, 3.05) is 5.75 Å². The largest absolute Gasteiger partial charge is 0.327 e. The SMILES string of the molecule is NC1CCCCCC1SCC1CCCC1. The monoisotopic (exact) mass is 227 g/mol. The highest BCUT2D eigenvalue weighted by atomic mass is 32.2. The summed E-state index contributed by atoms with van der Waals surface area (Å²) in [6.45, 7) is 0. The van der Waals surface area contributed by atoms with E-state index < -0.39 is 0 Å². The van der Waals surface area contributed by atoms with Gasteiger partial charge in [0, 0.05) is 11.3 Å². The summed E-state index contributed by atoms with van der Waals surface area (Å²) < 4.78 is 0. The van der Waals surface area contributed by atoms with E-state index in [2.05, 4.69) is 11.8 Å². The zero-order valence-corrected chi connectivity index (χ0v) is 10.6. The molecule has 15 heavy (non-hydrogen) atoms. The Labute approximate surface area is 98.6 Å². The lowest BCUT2D eigenvalue weighted by molar-refractivity contribution is 0.586. The minimum absolute atomic E-state index is 0.485. The third-order valence-electron chi connectivity index (χ3n) is 4.02. The molecule has 2 aliphatic rings. The van der Waals surface area contributed by atoms with E-state index >= 15 is 0 Å². The molecule has 0 aromatic rings. The van der Waals surface area contributed by atoms with E-state index in [4.69, 9.17) is 5.73 Å². The van der Waals surface area contributed by atoms with Crippen LogP contribution in [0, 0.1) is 5.92 Å². The molecule has 0 saturated heterocycles. The van der Waals surface area contributed by atoms with Gasteiger partial charge in [0.05, 0.1) is 0 Å². The zero-order chi connectivity index (χ0) is 10.5. The molecule has 0 aromatic carbocycles. The van der Waals surface area contributed by atoms with Crippen LogP contribution in [-0.4, -0.2) is 17.0 Å². The summed E-state index contributed by atoms with van der Waals surface area (Å²) in [5.41, 5.74) is 6.24. The normalized spacial score (nSPS) is 34.2. The highest BCUT2D eigenvalue weighted by Gasteiger charge is 2.23. The molecule has 0 spiro atoms. The van der Waals surface area contributed by atoms with Crippen LogP contribution < -0.4 is 5.73 Å². The lowest BCUT2D eigenvalue weighted by atomic mass is 10.1. The Bertz CT molecular complexity index is 177. The molecule has 2 atom stereocenters. The van der Waals surface area contributed by atoms with Gasteiger partial charge in [-0.25, -0.2) is 0 Å². The Balaban J connectivity index is 1.71. The third-order valence-corrected chi connectivity index (χ3v) is 5.70. The minimum Gasteiger partial charge on any atom is -0.327 e. The van der Waals surface area contributed by atoms with Gasteiger partial charge in [0.1, 0.15) is 0 Å². The molecule has 1 nitrogen and oxygen atoms in total. The van der Waals surface area contributed by atoms with Crippen molar-refractivity contribution < 1.29 is 0 Å². The fourth-order valence-corrected chi connectivity index (χ4v) is 4.52. The van der Waals surface area contributed by atoms with Crippen molar-refractivity contribution in [1.29, 1.82) is 0 Å². The smallest absolute Gasteiger partial charge is 0.0199 e. The standard InChI is InChI=1S/C13H25NS/c14-12-8-2-1-3-9-13(12)15-10-11-6-4-5-7-11/h11-13H,1-10,14H2. The van der Waals surface area contributed by atoms with Crippen LogP contribution in [-0.2, 0) is 0 Å². The zero-order valence-electron chi connectivity index (χ0n) is 9.79. The van der Waals surface area contributed by atoms with Gasteiger partial charge in [-0.3, -0.25) is 0 Å². The Morgan fingerprint density at radius 1 is 0.867 bits per heavy atom. The maximum Gasteiger partial charge on any atom is 0.0199 e. The second-order valence-corrected chi connectivity index (χ2v) is 6.60. The first-order valence-corrected chi connectivity index (χ1v) is 7.78. The fraction of sp³-hybridized carbons (Fsp3) is 1.00. The van der Waals surface area contributed by atoms with E-state index in [1.807, 2.05) is 0 Å². The molecule has 2 unspecified atom stereocenters. The second kappa shape index (κ2) is 6.15. The summed E-state index contributed by atoms with van der Waals surface area (Å²) in [5.74, 6) is 2.41. The van der Waals surface area contributed by atoms with Crippen LogP contribution in [0.2, 0.25) is 0 Å². The second-order valence-electron chi connectivity index (χ2n) is 5.32. The van der Waals surface area contributed by atoms with Gasteiger partial charge in [0.2, 0.25) is 0 Å². The van der Waals surface area contributed by atoms with Crippen LogP contribution in [0.5, 0.6) is 0 Å². The molecule has 0 heterocycles. The summed E-state index contributed by atoms with van der Waals surface area (Å²) in [6.07, 6.45) is 12.7. The molecule has 2 heteroatoms. The van der Waals surface area contributed by atoms with Gasteiger partial charge in [-0.2, -0.15) is 11.8 Å². The molecule has 0 aliphatic heterocycles. The Morgan fingerprint density at radius 3 is 2.33 bits per heavy atom. The highest BCUT2D eigenvalue weighted by molar-refractivity contribution is 7.99. The summed E-state index contributed by atoms with van der Waals surface area (Å²) in [4.78, 5) is 0. The van der Waals surface area contributed by atoms with Crippen molar-refractivity contribution in [3.63, 3.8) is 0 Å². The van der Waals surface area contributed by atoms with Crippen LogP contribution in [0.1, 0.15) is 57.8 Å². The molecular weight excluding hydrogens is 202 g/mol. The molecular formula is C13H25NS. The number of rotatable bonds is 3. The maximum absolute atomic E-state index is 6.24. The van der Waals surface area contributed by atoms with Gasteiger partial charge in [0.15, 0.2) is 0 Å². The molecule has 0 aromatic heterocycles. The predicted octanol–water partition coefficient (Wildman–Crippen LogP) is 3.57.